The number of hydrogen-bond acceptors (Lipinski definition) is 5. The molecule has 7 nitrogen and oxygen atoms in total. The fourth-order valence-corrected chi connectivity index (χ4v) is 6.49. The topological polar surface area (TPSA) is 78.0 Å². The van der Waals surface area contributed by atoms with Gasteiger partial charge in [-0.25, -0.2) is 12.7 Å². The molecule has 1 saturated heterocycles. The first kappa shape index (κ1) is 23.3. The van der Waals surface area contributed by atoms with Gasteiger partial charge in [0.25, 0.3) is 15.9 Å². The van der Waals surface area contributed by atoms with E-state index in [4.69, 9.17) is 0 Å². The Morgan fingerprint density at radius 1 is 0.771 bits per heavy atom. The summed E-state index contributed by atoms with van der Waals surface area (Å²) in [4.78, 5) is 29.7. The summed E-state index contributed by atoms with van der Waals surface area (Å²) in [7, 11) is -3.90. The van der Waals surface area contributed by atoms with E-state index < -0.39 is 15.9 Å². The SMILES string of the molecule is O=C(CCN1C(=O)c2ccccc2S1(=O)=O)N1CCN(C(c2ccccc2)c2ccccc2)CC1. The Morgan fingerprint density at radius 2 is 1.31 bits per heavy atom. The van der Waals surface area contributed by atoms with Crippen LogP contribution in [0.4, 0.5) is 0 Å². The summed E-state index contributed by atoms with van der Waals surface area (Å²) in [5, 5.41) is 0. The maximum atomic E-state index is 12.9. The molecule has 3 aromatic rings. The lowest BCUT2D eigenvalue weighted by Gasteiger charge is -2.40. The molecular weight excluding hydrogens is 462 g/mol. The number of benzene rings is 3. The van der Waals surface area contributed by atoms with Crippen molar-refractivity contribution in [1.82, 2.24) is 14.1 Å². The third kappa shape index (κ3) is 4.47. The van der Waals surface area contributed by atoms with Gasteiger partial charge in [0.05, 0.1) is 11.6 Å². The first-order chi connectivity index (χ1) is 17.0. The highest BCUT2D eigenvalue weighted by atomic mass is 32.2. The maximum absolute atomic E-state index is 12.9. The molecule has 5 rings (SSSR count). The quantitative estimate of drug-likeness (QED) is 0.532. The van der Waals surface area contributed by atoms with Crippen molar-refractivity contribution < 1.29 is 18.0 Å². The number of hydrogen-bond donors (Lipinski definition) is 0. The molecule has 2 aliphatic heterocycles. The maximum Gasteiger partial charge on any atom is 0.269 e. The van der Waals surface area contributed by atoms with E-state index in [1.165, 1.54) is 23.3 Å². The zero-order chi connectivity index (χ0) is 24.4. The van der Waals surface area contributed by atoms with Crippen molar-refractivity contribution in [1.29, 1.82) is 0 Å². The third-order valence-electron chi connectivity index (χ3n) is 6.70. The van der Waals surface area contributed by atoms with Gasteiger partial charge < -0.3 is 4.90 Å². The van der Waals surface area contributed by atoms with Gasteiger partial charge in [0, 0.05) is 39.1 Å². The highest BCUT2D eigenvalue weighted by Crippen LogP contribution is 2.31. The van der Waals surface area contributed by atoms with E-state index in [9.17, 15) is 18.0 Å². The minimum absolute atomic E-state index is 0.0129. The van der Waals surface area contributed by atoms with Gasteiger partial charge in [0.1, 0.15) is 4.90 Å². The average Bonchev–Trinajstić information content (AvgIpc) is 3.09. The fourth-order valence-electron chi connectivity index (χ4n) is 4.92. The Balaban J connectivity index is 1.23. The number of sulfonamides is 1. The van der Waals surface area contributed by atoms with E-state index in [1.54, 1.807) is 17.0 Å². The zero-order valence-corrected chi connectivity index (χ0v) is 20.1. The summed E-state index contributed by atoms with van der Waals surface area (Å²) in [5.41, 5.74) is 2.58. The number of carbonyl (C=O) groups is 2. The standard InChI is InChI=1S/C27H27N3O4S/c31-25(15-16-30-27(32)23-13-7-8-14-24(23)35(30,33)34)28-17-19-29(20-18-28)26(21-9-3-1-4-10-21)22-11-5-2-6-12-22/h1-14,26H,15-20H2. The van der Waals surface area contributed by atoms with Crippen LogP contribution in [0.25, 0.3) is 0 Å². The lowest BCUT2D eigenvalue weighted by molar-refractivity contribution is -0.133. The van der Waals surface area contributed by atoms with Crippen molar-refractivity contribution in [2.45, 2.75) is 17.4 Å². The molecule has 1 fully saturated rings. The van der Waals surface area contributed by atoms with Crippen molar-refractivity contribution >= 4 is 21.8 Å². The molecule has 0 atom stereocenters. The van der Waals surface area contributed by atoms with Crippen LogP contribution in [0.3, 0.4) is 0 Å². The first-order valence-electron chi connectivity index (χ1n) is 11.7. The molecule has 2 amide bonds. The second kappa shape index (κ2) is 9.64. The number of nitrogens with zero attached hydrogens (tertiary/aromatic N) is 3. The summed E-state index contributed by atoms with van der Waals surface area (Å²) in [5.74, 6) is -0.702. The molecule has 0 saturated carbocycles. The largest absolute Gasteiger partial charge is 0.340 e. The van der Waals surface area contributed by atoms with E-state index in [-0.39, 0.29) is 35.4 Å². The smallest absolute Gasteiger partial charge is 0.269 e. The summed E-state index contributed by atoms with van der Waals surface area (Å²) in [6.07, 6.45) is -0.0280. The molecule has 0 bridgehead atoms. The Labute approximate surface area is 205 Å². The molecule has 180 valence electrons. The molecular formula is C27H27N3O4S. The van der Waals surface area contributed by atoms with Crippen LogP contribution in [0.15, 0.2) is 89.8 Å². The summed E-state index contributed by atoms with van der Waals surface area (Å²) in [6.45, 7) is 2.36. The minimum atomic E-state index is -3.90. The molecule has 2 heterocycles. The van der Waals surface area contributed by atoms with E-state index in [1.807, 2.05) is 36.4 Å². The van der Waals surface area contributed by atoms with Crippen LogP contribution in [-0.2, 0) is 14.8 Å². The van der Waals surface area contributed by atoms with Crippen LogP contribution >= 0.6 is 0 Å². The molecule has 35 heavy (non-hydrogen) atoms. The van der Waals surface area contributed by atoms with E-state index in [0.29, 0.717) is 26.2 Å². The van der Waals surface area contributed by atoms with Gasteiger partial charge in [0.2, 0.25) is 5.91 Å². The highest BCUT2D eigenvalue weighted by Gasteiger charge is 2.41. The second-order valence-electron chi connectivity index (χ2n) is 8.77. The van der Waals surface area contributed by atoms with Crippen molar-refractivity contribution in [3.63, 3.8) is 0 Å². The van der Waals surface area contributed by atoms with E-state index in [0.717, 1.165) is 4.31 Å². The van der Waals surface area contributed by atoms with Crippen molar-refractivity contribution in [2.75, 3.05) is 32.7 Å². The predicted molar refractivity (Wildman–Crippen MR) is 132 cm³/mol. The van der Waals surface area contributed by atoms with Gasteiger partial charge in [-0.15, -0.1) is 0 Å². The van der Waals surface area contributed by atoms with Gasteiger partial charge in [-0.3, -0.25) is 14.5 Å². The van der Waals surface area contributed by atoms with E-state index >= 15 is 0 Å². The van der Waals surface area contributed by atoms with E-state index in [2.05, 4.69) is 29.2 Å². The summed E-state index contributed by atoms with van der Waals surface area (Å²) in [6, 6.07) is 26.9. The highest BCUT2D eigenvalue weighted by molar-refractivity contribution is 7.90. The predicted octanol–water partition coefficient (Wildman–Crippen LogP) is 3.16. The molecule has 0 unspecified atom stereocenters. The molecule has 0 N–H and O–H groups in total. The van der Waals surface area contributed by atoms with Crippen molar-refractivity contribution in [3.05, 3.63) is 102 Å². The fraction of sp³-hybridized carbons (Fsp3) is 0.259. The Bertz CT molecular complexity index is 1280. The van der Waals surface area contributed by atoms with Gasteiger partial charge in [-0.2, -0.15) is 0 Å². The molecule has 3 aromatic carbocycles. The zero-order valence-electron chi connectivity index (χ0n) is 19.3. The van der Waals surface area contributed by atoms with Crippen LogP contribution in [0.2, 0.25) is 0 Å². The monoisotopic (exact) mass is 489 g/mol. The Morgan fingerprint density at radius 3 is 1.89 bits per heavy atom. The molecule has 0 aromatic heterocycles. The second-order valence-corrected chi connectivity index (χ2v) is 10.6. The average molecular weight is 490 g/mol. The normalized spacial score (nSPS) is 17.6. The lowest BCUT2D eigenvalue weighted by atomic mass is 9.96. The number of piperazine rings is 1. The molecule has 0 aliphatic carbocycles. The van der Waals surface area contributed by atoms with Gasteiger partial charge in [-0.05, 0) is 23.3 Å². The first-order valence-corrected chi connectivity index (χ1v) is 13.2. The molecule has 8 heteroatoms. The summed E-state index contributed by atoms with van der Waals surface area (Å²) >= 11 is 0. The summed E-state index contributed by atoms with van der Waals surface area (Å²) < 4.78 is 26.3. The van der Waals surface area contributed by atoms with Crippen LogP contribution < -0.4 is 0 Å². The Hall–Kier alpha value is -3.49. The third-order valence-corrected chi connectivity index (χ3v) is 8.54. The van der Waals surface area contributed by atoms with Gasteiger partial charge >= 0.3 is 0 Å². The van der Waals surface area contributed by atoms with Gasteiger partial charge in [0.15, 0.2) is 0 Å². The van der Waals surface area contributed by atoms with Crippen LogP contribution in [-0.4, -0.2) is 67.1 Å². The van der Waals surface area contributed by atoms with Crippen molar-refractivity contribution in [2.24, 2.45) is 0 Å². The Kier molecular flexibility index (Phi) is 6.40. The molecule has 0 radical (unpaired) electrons. The van der Waals surface area contributed by atoms with Crippen LogP contribution in [0.5, 0.6) is 0 Å². The number of fused-ring (bicyclic) bond motifs is 1. The van der Waals surface area contributed by atoms with Crippen LogP contribution in [0, 0.1) is 0 Å². The molecule has 0 spiro atoms. The number of amides is 2. The minimum Gasteiger partial charge on any atom is -0.340 e. The van der Waals surface area contributed by atoms with Crippen LogP contribution in [0.1, 0.15) is 33.9 Å². The molecule has 2 aliphatic rings. The van der Waals surface area contributed by atoms with Crippen molar-refractivity contribution in [3.8, 4) is 0 Å². The number of carbonyl (C=O) groups excluding carboxylic acids is 2. The lowest BCUT2D eigenvalue weighted by Crippen LogP contribution is -2.50. The number of rotatable bonds is 6. The van der Waals surface area contributed by atoms with Gasteiger partial charge in [-0.1, -0.05) is 72.8 Å².